The lowest BCUT2D eigenvalue weighted by Crippen LogP contribution is -2.24. The van der Waals surface area contributed by atoms with Crippen LogP contribution in [0.3, 0.4) is 0 Å². The van der Waals surface area contributed by atoms with Crippen LogP contribution in [0.5, 0.6) is 0 Å². The highest BCUT2D eigenvalue weighted by Gasteiger charge is 2.22. The molecular formula is C21H21N5O2S. The molecule has 148 valence electrons. The molecule has 1 aliphatic heterocycles. The van der Waals surface area contributed by atoms with Gasteiger partial charge in [0.25, 0.3) is 5.91 Å². The van der Waals surface area contributed by atoms with Gasteiger partial charge in [0, 0.05) is 37.6 Å². The molecule has 3 heterocycles. The molecule has 2 amide bonds. The lowest BCUT2D eigenvalue weighted by molar-refractivity contribution is -0.117. The number of aromatic nitrogens is 3. The Hall–Kier alpha value is -3.13. The van der Waals surface area contributed by atoms with Gasteiger partial charge in [-0.25, -0.2) is 15.0 Å². The SMILES string of the molecule is CCc1nc(-c2ncccn2)sc1C(=O)NCc1ccc(N2CCCC2=O)cc1. The molecule has 1 aliphatic rings. The molecule has 29 heavy (non-hydrogen) atoms. The first-order chi connectivity index (χ1) is 14.2. The fraction of sp³-hybridized carbons (Fsp3) is 0.286. The minimum Gasteiger partial charge on any atom is -0.347 e. The van der Waals surface area contributed by atoms with Gasteiger partial charge in [-0.15, -0.1) is 11.3 Å². The zero-order valence-electron chi connectivity index (χ0n) is 16.1. The van der Waals surface area contributed by atoms with Crippen molar-refractivity contribution in [3.8, 4) is 10.8 Å². The molecule has 0 aliphatic carbocycles. The van der Waals surface area contributed by atoms with Gasteiger partial charge in [0.2, 0.25) is 5.91 Å². The highest BCUT2D eigenvalue weighted by atomic mass is 32.1. The Balaban J connectivity index is 1.43. The van der Waals surface area contributed by atoms with E-state index in [1.807, 2.05) is 31.2 Å². The van der Waals surface area contributed by atoms with Crippen molar-refractivity contribution in [3.63, 3.8) is 0 Å². The molecule has 0 saturated carbocycles. The standard InChI is InChI=1S/C21H21N5O2S/c1-2-16-18(29-21(25-16)19-22-10-4-11-23-19)20(28)24-13-14-6-8-15(9-7-14)26-12-3-5-17(26)27/h4,6-11H,2-3,5,12-13H2,1H3,(H,24,28). The highest BCUT2D eigenvalue weighted by molar-refractivity contribution is 7.17. The van der Waals surface area contributed by atoms with Crippen LogP contribution in [0.15, 0.2) is 42.7 Å². The fourth-order valence-corrected chi connectivity index (χ4v) is 4.27. The second kappa shape index (κ2) is 8.48. The summed E-state index contributed by atoms with van der Waals surface area (Å²) in [6, 6.07) is 9.49. The number of nitrogens with one attached hydrogen (secondary N) is 1. The van der Waals surface area contributed by atoms with Crippen LogP contribution < -0.4 is 10.2 Å². The van der Waals surface area contributed by atoms with Gasteiger partial charge in [0.1, 0.15) is 4.88 Å². The number of carbonyl (C=O) groups is 2. The zero-order chi connectivity index (χ0) is 20.2. The van der Waals surface area contributed by atoms with E-state index in [-0.39, 0.29) is 11.8 Å². The summed E-state index contributed by atoms with van der Waals surface area (Å²) >= 11 is 1.31. The average Bonchev–Trinajstić information content (AvgIpc) is 3.39. The summed E-state index contributed by atoms with van der Waals surface area (Å²) in [6.45, 7) is 3.15. The molecule has 1 fully saturated rings. The average molecular weight is 407 g/mol. The second-order valence-electron chi connectivity index (χ2n) is 6.72. The lowest BCUT2D eigenvalue weighted by atomic mass is 10.2. The third kappa shape index (κ3) is 4.17. The molecule has 0 radical (unpaired) electrons. The van der Waals surface area contributed by atoms with Crippen LogP contribution in [0, 0.1) is 0 Å². The molecule has 0 bridgehead atoms. The summed E-state index contributed by atoms with van der Waals surface area (Å²) in [5.41, 5.74) is 2.63. The molecule has 8 heteroatoms. The van der Waals surface area contributed by atoms with Gasteiger partial charge in [-0.1, -0.05) is 19.1 Å². The number of aryl methyl sites for hydroxylation is 1. The number of carbonyl (C=O) groups excluding carboxylic acids is 2. The fourth-order valence-electron chi connectivity index (χ4n) is 3.25. The Morgan fingerprint density at radius 1 is 1.21 bits per heavy atom. The normalized spacial score (nSPS) is 13.7. The first kappa shape index (κ1) is 19.2. The molecule has 1 N–H and O–H groups in total. The molecule has 3 aromatic rings. The molecule has 2 aromatic heterocycles. The van der Waals surface area contributed by atoms with E-state index in [1.54, 1.807) is 23.4 Å². The molecule has 1 aromatic carbocycles. The first-order valence-corrected chi connectivity index (χ1v) is 10.4. The lowest BCUT2D eigenvalue weighted by Gasteiger charge is -2.16. The Morgan fingerprint density at radius 2 is 1.97 bits per heavy atom. The van der Waals surface area contributed by atoms with Gasteiger partial charge in [-0.05, 0) is 36.6 Å². The maximum atomic E-state index is 12.7. The number of benzene rings is 1. The van der Waals surface area contributed by atoms with Crippen molar-refractivity contribution in [2.75, 3.05) is 11.4 Å². The topological polar surface area (TPSA) is 88.1 Å². The van der Waals surface area contributed by atoms with Gasteiger partial charge < -0.3 is 10.2 Å². The van der Waals surface area contributed by atoms with E-state index in [4.69, 9.17) is 0 Å². The van der Waals surface area contributed by atoms with E-state index in [0.29, 0.717) is 35.1 Å². The Labute approximate surface area is 172 Å². The van der Waals surface area contributed by atoms with E-state index >= 15 is 0 Å². The number of nitrogens with zero attached hydrogens (tertiary/aromatic N) is 4. The van der Waals surface area contributed by atoms with E-state index in [2.05, 4.69) is 20.3 Å². The predicted molar refractivity (Wildman–Crippen MR) is 112 cm³/mol. The van der Waals surface area contributed by atoms with Gasteiger partial charge in [-0.2, -0.15) is 0 Å². The number of amides is 2. The van der Waals surface area contributed by atoms with Gasteiger partial charge >= 0.3 is 0 Å². The number of anilines is 1. The Bertz CT molecular complexity index is 1020. The quantitative estimate of drug-likeness (QED) is 0.678. The maximum absolute atomic E-state index is 12.7. The summed E-state index contributed by atoms with van der Waals surface area (Å²) in [4.78, 5) is 39.9. The van der Waals surface area contributed by atoms with Crippen LogP contribution in [-0.2, 0) is 17.8 Å². The largest absolute Gasteiger partial charge is 0.347 e. The maximum Gasteiger partial charge on any atom is 0.263 e. The minimum absolute atomic E-state index is 0.152. The van der Waals surface area contributed by atoms with Crippen molar-refractivity contribution >= 4 is 28.8 Å². The summed E-state index contributed by atoms with van der Waals surface area (Å²) in [5, 5.41) is 3.61. The minimum atomic E-state index is -0.152. The Kier molecular flexibility index (Phi) is 5.62. The highest BCUT2D eigenvalue weighted by Crippen LogP contribution is 2.26. The monoisotopic (exact) mass is 407 g/mol. The number of hydrogen-bond donors (Lipinski definition) is 1. The van der Waals surface area contributed by atoms with E-state index in [9.17, 15) is 9.59 Å². The van der Waals surface area contributed by atoms with Crippen LogP contribution in [0.1, 0.15) is 40.7 Å². The van der Waals surface area contributed by atoms with Crippen molar-refractivity contribution in [2.24, 2.45) is 0 Å². The predicted octanol–water partition coefficient (Wildman–Crippen LogP) is 3.22. The number of hydrogen-bond acceptors (Lipinski definition) is 6. The molecule has 4 rings (SSSR count). The molecule has 0 spiro atoms. The van der Waals surface area contributed by atoms with Crippen molar-refractivity contribution in [1.29, 1.82) is 0 Å². The first-order valence-electron chi connectivity index (χ1n) is 9.60. The summed E-state index contributed by atoms with van der Waals surface area (Å²) in [7, 11) is 0. The molecular weight excluding hydrogens is 386 g/mol. The van der Waals surface area contributed by atoms with Gasteiger partial charge in [0.05, 0.1) is 5.69 Å². The molecule has 0 unspecified atom stereocenters. The van der Waals surface area contributed by atoms with Crippen LogP contribution in [-0.4, -0.2) is 33.3 Å². The van der Waals surface area contributed by atoms with Crippen LogP contribution in [0.25, 0.3) is 10.8 Å². The molecule has 1 saturated heterocycles. The van der Waals surface area contributed by atoms with Crippen LogP contribution in [0.4, 0.5) is 5.69 Å². The van der Waals surface area contributed by atoms with E-state index < -0.39 is 0 Å². The van der Waals surface area contributed by atoms with Crippen LogP contribution in [0.2, 0.25) is 0 Å². The molecule has 7 nitrogen and oxygen atoms in total. The van der Waals surface area contributed by atoms with Gasteiger partial charge in [-0.3, -0.25) is 9.59 Å². The van der Waals surface area contributed by atoms with Gasteiger partial charge in [0.15, 0.2) is 10.8 Å². The Morgan fingerprint density at radius 3 is 2.62 bits per heavy atom. The van der Waals surface area contributed by atoms with Crippen LogP contribution >= 0.6 is 11.3 Å². The van der Waals surface area contributed by atoms with Crippen molar-refractivity contribution in [1.82, 2.24) is 20.3 Å². The third-order valence-corrected chi connectivity index (χ3v) is 5.86. The summed E-state index contributed by atoms with van der Waals surface area (Å²) in [6.07, 6.45) is 5.50. The van der Waals surface area contributed by atoms with E-state index in [1.165, 1.54) is 11.3 Å². The number of rotatable bonds is 6. The zero-order valence-corrected chi connectivity index (χ0v) is 16.9. The summed E-state index contributed by atoms with van der Waals surface area (Å²) < 4.78 is 0. The second-order valence-corrected chi connectivity index (χ2v) is 7.72. The molecule has 0 atom stereocenters. The number of thiazole rings is 1. The summed E-state index contributed by atoms with van der Waals surface area (Å²) in [5.74, 6) is 0.542. The smallest absolute Gasteiger partial charge is 0.263 e. The van der Waals surface area contributed by atoms with E-state index in [0.717, 1.165) is 29.9 Å². The van der Waals surface area contributed by atoms with Crippen molar-refractivity contribution in [2.45, 2.75) is 32.7 Å². The van der Waals surface area contributed by atoms with Crippen molar-refractivity contribution in [3.05, 3.63) is 58.9 Å². The third-order valence-electron chi connectivity index (χ3n) is 4.77. The van der Waals surface area contributed by atoms with Crippen molar-refractivity contribution < 1.29 is 9.59 Å².